The summed E-state index contributed by atoms with van der Waals surface area (Å²) in [4.78, 5) is 4.08. The third-order valence-electron chi connectivity index (χ3n) is 2.92. The molecule has 122 valence electrons. The van der Waals surface area contributed by atoms with Crippen molar-refractivity contribution in [2.75, 3.05) is 24.9 Å². The molecule has 0 fully saturated rings. The second-order valence-corrected chi connectivity index (χ2v) is 5.44. The molecule has 0 aliphatic carbocycles. The molecule has 1 aromatic carbocycles. The van der Waals surface area contributed by atoms with Gasteiger partial charge in [0.15, 0.2) is 11.5 Å². The van der Waals surface area contributed by atoms with Crippen LogP contribution in [0.1, 0.15) is 18.1 Å². The molecule has 3 N–H and O–H groups in total. The van der Waals surface area contributed by atoms with Crippen LogP contribution in [0, 0.1) is 0 Å². The van der Waals surface area contributed by atoms with E-state index < -0.39 is 0 Å². The van der Waals surface area contributed by atoms with Gasteiger partial charge in [-0.15, -0.1) is 17.9 Å². The Morgan fingerprint density at radius 2 is 2.30 bits per heavy atom. The molecule has 1 heterocycles. The van der Waals surface area contributed by atoms with E-state index in [4.69, 9.17) is 15.2 Å². The van der Waals surface area contributed by atoms with Crippen LogP contribution in [0.5, 0.6) is 11.5 Å². The highest BCUT2D eigenvalue weighted by atomic mass is 32.1. The fraction of sp³-hybridized carbons (Fsp3) is 0.250. The van der Waals surface area contributed by atoms with Crippen LogP contribution in [0.15, 0.2) is 35.3 Å². The monoisotopic (exact) mass is 332 g/mol. The normalized spacial score (nSPS) is 10.7. The molecule has 0 saturated heterocycles. The third-order valence-corrected chi connectivity index (χ3v) is 3.68. The van der Waals surface area contributed by atoms with E-state index in [1.165, 1.54) is 11.3 Å². The summed E-state index contributed by atoms with van der Waals surface area (Å²) >= 11 is 1.39. The number of nitrogens with two attached hydrogens (primary N) is 1. The second kappa shape index (κ2) is 8.19. The van der Waals surface area contributed by atoms with Gasteiger partial charge < -0.3 is 15.2 Å². The molecule has 1 aromatic heterocycles. The molecule has 0 spiro atoms. The molecule has 0 amide bonds. The first-order valence-corrected chi connectivity index (χ1v) is 8.00. The largest absolute Gasteiger partial charge is 0.493 e. The van der Waals surface area contributed by atoms with E-state index in [9.17, 15) is 0 Å². The van der Waals surface area contributed by atoms with Gasteiger partial charge in [0.2, 0.25) is 5.13 Å². The van der Waals surface area contributed by atoms with Crippen molar-refractivity contribution in [1.29, 1.82) is 0 Å². The van der Waals surface area contributed by atoms with Crippen LogP contribution in [-0.2, 0) is 6.42 Å². The van der Waals surface area contributed by atoms with Crippen LogP contribution in [0.25, 0.3) is 0 Å². The first kappa shape index (κ1) is 16.8. The average molecular weight is 332 g/mol. The standard InChI is InChI=1S/C16H20N4O2S/c1-4-6-12-7-11(8-13(22-5-2)15(12)21-3)9-18-20-16-19-14(17)10-23-16/h4,7-10H,1,5-6,17H2,2-3H3,(H,19,20). The number of ether oxygens (including phenoxy) is 2. The molecule has 0 bridgehead atoms. The van der Waals surface area contributed by atoms with Gasteiger partial charge in [-0.05, 0) is 31.0 Å². The number of nitrogen functional groups attached to an aromatic ring is 1. The molecule has 2 rings (SSSR count). The number of methoxy groups -OCH3 is 1. The first-order chi connectivity index (χ1) is 11.2. The lowest BCUT2D eigenvalue weighted by molar-refractivity contribution is 0.309. The van der Waals surface area contributed by atoms with E-state index in [1.54, 1.807) is 18.7 Å². The average Bonchev–Trinajstić information content (AvgIpc) is 2.93. The summed E-state index contributed by atoms with van der Waals surface area (Å²) in [6.45, 7) is 6.27. The lowest BCUT2D eigenvalue weighted by Crippen LogP contribution is -2.01. The Morgan fingerprint density at radius 3 is 2.91 bits per heavy atom. The van der Waals surface area contributed by atoms with Gasteiger partial charge in [-0.2, -0.15) is 5.10 Å². The summed E-state index contributed by atoms with van der Waals surface area (Å²) < 4.78 is 11.1. The van der Waals surface area contributed by atoms with Gasteiger partial charge in [0, 0.05) is 10.9 Å². The maximum Gasteiger partial charge on any atom is 0.205 e. The van der Waals surface area contributed by atoms with Gasteiger partial charge in [-0.1, -0.05) is 6.08 Å². The van der Waals surface area contributed by atoms with Crippen LogP contribution >= 0.6 is 11.3 Å². The summed E-state index contributed by atoms with van der Waals surface area (Å²) in [5, 5.41) is 6.57. The van der Waals surface area contributed by atoms with E-state index in [-0.39, 0.29) is 0 Å². The van der Waals surface area contributed by atoms with Gasteiger partial charge in [0.1, 0.15) is 5.82 Å². The molecule has 0 unspecified atom stereocenters. The minimum absolute atomic E-state index is 0.476. The molecule has 0 aliphatic heterocycles. The number of anilines is 2. The first-order valence-electron chi connectivity index (χ1n) is 7.12. The topological polar surface area (TPSA) is 81.8 Å². The van der Waals surface area contributed by atoms with Gasteiger partial charge >= 0.3 is 0 Å². The number of aromatic nitrogens is 1. The number of allylic oxidation sites excluding steroid dienone is 1. The molecule has 0 aliphatic rings. The van der Waals surface area contributed by atoms with Crippen molar-refractivity contribution >= 4 is 28.5 Å². The Labute approximate surface area is 139 Å². The van der Waals surface area contributed by atoms with Crippen LogP contribution in [0.3, 0.4) is 0 Å². The number of nitrogens with zero attached hydrogens (tertiary/aromatic N) is 2. The maximum atomic E-state index is 5.66. The van der Waals surface area contributed by atoms with E-state index in [0.29, 0.717) is 29.7 Å². The summed E-state index contributed by atoms with van der Waals surface area (Å²) in [7, 11) is 1.63. The quantitative estimate of drug-likeness (QED) is 0.440. The fourth-order valence-electron chi connectivity index (χ4n) is 2.06. The summed E-state index contributed by atoms with van der Waals surface area (Å²) in [5.41, 5.74) is 10.3. The minimum Gasteiger partial charge on any atom is -0.493 e. The molecule has 2 aromatic rings. The lowest BCUT2D eigenvalue weighted by Gasteiger charge is -2.14. The van der Waals surface area contributed by atoms with Crippen LogP contribution < -0.4 is 20.6 Å². The van der Waals surface area contributed by atoms with E-state index in [2.05, 4.69) is 22.1 Å². The second-order valence-electron chi connectivity index (χ2n) is 4.58. The SMILES string of the molecule is C=CCc1cc(C=NNc2nc(N)cs2)cc(OCC)c1OC. The van der Waals surface area contributed by atoms with Crippen molar-refractivity contribution in [3.05, 3.63) is 41.3 Å². The molecule has 6 nitrogen and oxygen atoms in total. The molecule has 0 atom stereocenters. The van der Waals surface area contributed by atoms with Crippen molar-refractivity contribution in [2.24, 2.45) is 5.10 Å². The third kappa shape index (κ3) is 4.46. The number of hydrazone groups is 1. The Bertz CT molecular complexity index is 697. The number of nitrogens with one attached hydrogen (secondary N) is 1. The van der Waals surface area contributed by atoms with Crippen molar-refractivity contribution in [1.82, 2.24) is 4.98 Å². The zero-order chi connectivity index (χ0) is 16.7. The predicted octanol–water partition coefficient (Wildman–Crippen LogP) is 3.31. The van der Waals surface area contributed by atoms with Gasteiger partial charge in [0.05, 0.1) is 19.9 Å². The van der Waals surface area contributed by atoms with Crippen molar-refractivity contribution in [2.45, 2.75) is 13.3 Å². The van der Waals surface area contributed by atoms with E-state index >= 15 is 0 Å². The van der Waals surface area contributed by atoms with Crippen LogP contribution in [-0.4, -0.2) is 24.9 Å². The summed E-state index contributed by atoms with van der Waals surface area (Å²) in [6.07, 6.45) is 4.21. The zero-order valence-electron chi connectivity index (χ0n) is 13.2. The number of hydrogen-bond donors (Lipinski definition) is 2. The highest BCUT2D eigenvalue weighted by molar-refractivity contribution is 7.14. The zero-order valence-corrected chi connectivity index (χ0v) is 14.0. The minimum atomic E-state index is 0.476. The fourth-order valence-corrected chi connectivity index (χ4v) is 2.61. The number of thiazole rings is 1. The van der Waals surface area contributed by atoms with Crippen LogP contribution in [0.2, 0.25) is 0 Å². The number of benzene rings is 1. The Balaban J connectivity index is 2.24. The molecule has 0 saturated carbocycles. The van der Waals surface area contributed by atoms with Crippen molar-refractivity contribution < 1.29 is 9.47 Å². The molecule has 23 heavy (non-hydrogen) atoms. The number of rotatable bonds is 8. The Morgan fingerprint density at radius 1 is 1.48 bits per heavy atom. The highest BCUT2D eigenvalue weighted by Crippen LogP contribution is 2.33. The smallest absolute Gasteiger partial charge is 0.205 e. The van der Waals surface area contributed by atoms with E-state index in [0.717, 1.165) is 16.9 Å². The van der Waals surface area contributed by atoms with Gasteiger partial charge in [-0.3, -0.25) is 5.43 Å². The van der Waals surface area contributed by atoms with Crippen molar-refractivity contribution in [3.63, 3.8) is 0 Å². The molecule has 7 heteroatoms. The Kier molecular flexibility index (Phi) is 5.99. The van der Waals surface area contributed by atoms with E-state index in [1.807, 2.05) is 25.1 Å². The number of hydrogen-bond acceptors (Lipinski definition) is 7. The van der Waals surface area contributed by atoms with Crippen LogP contribution in [0.4, 0.5) is 10.9 Å². The maximum absolute atomic E-state index is 5.66. The molecular weight excluding hydrogens is 312 g/mol. The summed E-state index contributed by atoms with van der Waals surface area (Å²) in [5.74, 6) is 1.89. The summed E-state index contributed by atoms with van der Waals surface area (Å²) in [6, 6.07) is 3.88. The Hall–Kier alpha value is -2.54. The molecular formula is C16H20N4O2S. The molecule has 0 radical (unpaired) electrons. The predicted molar refractivity (Wildman–Crippen MR) is 95.8 cm³/mol. The van der Waals surface area contributed by atoms with Crippen molar-refractivity contribution in [3.8, 4) is 11.5 Å². The highest BCUT2D eigenvalue weighted by Gasteiger charge is 2.11. The van der Waals surface area contributed by atoms with Gasteiger partial charge in [0.25, 0.3) is 0 Å². The lowest BCUT2D eigenvalue weighted by atomic mass is 10.1. The van der Waals surface area contributed by atoms with Gasteiger partial charge in [-0.25, -0.2) is 4.98 Å².